The van der Waals surface area contributed by atoms with Crippen molar-refractivity contribution in [2.24, 2.45) is 0 Å². The maximum atomic E-state index is 9.11. The predicted molar refractivity (Wildman–Crippen MR) is 49.8 cm³/mol. The van der Waals surface area contributed by atoms with Gasteiger partial charge in [0.05, 0.1) is 0 Å². The molecular weight excluding hydrogens is 350 g/mol. The predicted octanol–water partition coefficient (Wildman–Crippen LogP) is -6.73. The van der Waals surface area contributed by atoms with E-state index in [4.69, 9.17) is 39.9 Å². The molecular formula is H8K2O9S4. The van der Waals surface area contributed by atoms with Gasteiger partial charge in [0.25, 0.3) is 31.8 Å². The summed E-state index contributed by atoms with van der Waals surface area (Å²) < 4.78 is 69.6. The molecule has 0 spiro atoms. The Morgan fingerprint density at radius 3 is 0.933 bits per heavy atom. The molecule has 0 saturated heterocycles. The van der Waals surface area contributed by atoms with Crippen molar-refractivity contribution in [1.82, 2.24) is 0 Å². The second-order valence-corrected chi connectivity index (χ2v) is 4.03. The van der Waals surface area contributed by atoms with E-state index in [1.807, 2.05) is 0 Å². The van der Waals surface area contributed by atoms with Gasteiger partial charge in [-0.1, -0.05) is 0 Å². The molecule has 88 valence electrons. The average Bonchev–Trinajstić information content (AvgIpc) is 1.50. The molecule has 0 rings (SSSR count). The van der Waals surface area contributed by atoms with Crippen LogP contribution in [0.3, 0.4) is 0 Å². The Hall–Kier alpha value is 3.70. The molecule has 0 aliphatic rings. The van der Waals surface area contributed by atoms with Gasteiger partial charge in [-0.05, 0) is 0 Å². The van der Waals surface area contributed by atoms with Crippen LogP contribution in [0.25, 0.3) is 0 Å². The van der Waals surface area contributed by atoms with Gasteiger partial charge in [0.2, 0.25) is 0 Å². The summed E-state index contributed by atoms with van der Waals surface area (Å²) in [5.41, 5.74) is 0. The van der Waals surface area contributed by atoms with Crippen LogP contribution in [-0.2, 0) is 43.0 Å². The Balaban J connectivity index is -0.0000000159. The molecule has 6 N–H and O–H groups in total. The van der Waals surface area contributed by atoms with Crippen LogP contribution in [0.1, 0.15) is 2.85 Å². The van der Waals surface area contributed by atoms with Crippen LogP contribution in [0.5, 0.6) is 0 Å². The van der Waals surface area contributed by atoms with E-state index in [2.05, 4.69) is 11.2 Å². The van der Waals surface area contributed by atoms with Crippen molar-refractivity contribution in [3.8, 4) is 0 Å². The topological polar surface area (TPSA) is 173 Å². The number of hydrogen-bond acceptors (Lipinski definition) is 4. The maximum Gasteiger partial charge on any atom is 1.00 e. The molecule has 0 heterocycles. The van der Waals surface area contributed by atoms with Gasteiger partial charge in [-0.3, -0.25) is 27.3 Å². The third kappa shape index (κ3) is 318. The van der Waals surface area contributed by atoms with Crippen molar-refractivity contribution in [3.63, 3.8) is 0 Å². The molecule has 0 aliphatic heterocycles. The summed E-state index contributed by atoms with van der Waals surface area (Å²) in [4.78, 5) is 0. The maximum absolute atomic E-state index is 9.11. The normalized spacial score (nSPS) is 8.53. The Morgan fingerprint density at radius 1 is 0.933 bits per heavy atom. The smallest absolute Gasteiger partial charge is 1.00 e. The van der Waals surface area contributed by atoms with Gasteiger partial charge in [0.1, 0.15) is 0 Å². The van der Waals surface area contributed by atoms with Gasteiger partial charge in [-0.2, -0.15) is 12.6 Å². The minimum absolute atomic E-state index is 0. The zero-order valence-electron chi connectivity index (χ0n) is 9.54. The summed E-state index contributed by atoms with van der Waals surface area (Å²) in [6.45, 7) is 0. The summed E-state index contributed by atoms with van der Waals surface area (Å²) in [6.07, 6.45) is 0. The van der Waals surface area contributed by atoms with Crippen LogP contribution in [0, 0.1) is 0 Å². The van der Waals surface area contributed by atoms with Crippen LogP contribution in [0.2, 0.25) is 0 Å². The van der Waals surface area contributed by atoms with E-state index in [0.29, 0.717) is 0 Å². The molecule has 0 amide bonds. The summed E-state index contributed by atoms with van der Waals surface area (Å²) in [7, 11) is -3.83. The monoisotopic (exact) mass is 358 g/mol. The summed E-state index contributed by atoms with van der Waals surface area (Å²) in [5.74, 6) is 0. The van der Waals surface area contributed by atoms with Crippen LogP contribution in [-0.4, -0.2) is 39.9 Å². The van der Waals surface area contributed by atoms with Gasteiger partial charge in [-0.25, -0.2) is 0 Å². The molecule has 15 heteroatoms. The molecule has 9 nitrogen and oxygen atoms in total. The van der Waals surface area contributed by atoms with E-state index in [9.17, 15) is 0 Å². The van der Waals surface area contributed by atoms with Crippen molar-refractivity contribution >= 4 is 43.0 Å². The van der Waals surface area contributed by atoms with Gasteiger partial charge < -0.3 is 2.85 Å². The molecule has 0 aromatic carbocycles. The number of hydrogen-bond donors (Lipinski definition) is 6. The first-order valence-corrected chi connectivity index (χ1v) is 6.29. The standard InChI is InChI=1S/2K.H2O3S2.2H2O3S.2H/c;;1-5(2,3)4;2*1-4(2)3;;/h;;(H2,1,2,3,4);2*(H2,1,2,3);;/q2*+1;;;;2*-1. The molecule has 0 radical (unpaired) electrons. The van der Waals surface area contributed by atoms with Gasteiger partial charge in [0.15, 0.2) is 0 Å². The minimum Gasteiger partial charge on any atom is -1.00 e. The largest absolute Gasteiger partial charge is 1.00 e. The van der Waals surface area contributed by atoms with Crippen LogP contribution in [0.4, 0.5) is 0 Å². The van der Waals surface area contributed by atoms with Gasteiger partial charge >= 0.3 is 103 Å². The molecule has 0 fully saturated rings. The van der Waals surface area contributed by atoms with Crippen LogP contribution in [0.15, 0.2) is 0 Å². The van der Waals surface area contributed by atoms with E-state index in [1.165, 1.54) is 0 Å². The van der Waals surface area contributed by atoms with Gasteiger partial charge in [0, 0.05) is 11.2 Å². The first-order chi connectivity index (χ1) is 5.46. The van der Waals surface area contributed by atoms with Crippen LogP contribution >= 0.6 is 0 Å². The molecule has 0 aromatic heterocycles. The van der Waals surface area contributed by atoms with Crippen molar-refractivity contribution in [1.29, 1.82) is 0 Å². The van der Waals surface area contributed by atoms with Gasteiger partial charge in [-0.15, -0.1) is 0 Å². The molecule has 0 aliphatic carbocycles. The molecule has 15 heavy (non-hydrogen) atoms. The first kappa shape index (κ1) is 31.2. The fourth-order valence-corrected chi connectivity index (χ4v) is 0. The molecule has 0 atom stereocenters. The van der Waals surface area contributed by atoms with E-state index in [0.717, 1.165) is 0 Å². The van der Waals surface area contributed by atoms with E-state index >= 15 is 0 Å². The van der Waals surface area contributed by atoms with E-state index in [1.54, 1.807) is 0 Å². The average molecular weight is 359 g/mol. The van der Waals surface area contributed by atoms with Crippen molar-refractivity contribution in [2.45, 2.75) is 0 Å². The van der Waals surface area contributed by atoms with Crippen molar-refractivity contribution < 1.29 is 146 Å². The minimum atomic E-state index is -3.83. The van der Waals surface area contributed by atoms with Crippen LogP contribution < -0.4 is 103 Å². The molecule has 0 aromatic rings. The SMILES string of the molecule is O=S(O)(O)=S.O=S(O)O.O=S(O)O.[H-].[H-].[K+].[K+]. The summed E-state index contributed by atoms with van der Waals surface area (Å²) in [6, 6.07) is 0. The van der Waals surface area contributed by atoms with Crippen molar-refractivity contribution in [3.05, 3.63) is 0 Å². The molecule has 0 bridgehead atoms. The summed E-state index contributed by atoms with van der Waals surface area (Å²) >= 11 is -1.76. The zero-order chi connectivity index (χ0) is 11.7. The Bertz CT molecular complexity index is 224. The second-order valence-electron chi connectivity index (χ2n) is 0.909. The Labute approximate surface area is 184 Å². The Morgan fingerprint density at radius 2 is 0.933 bits per heavy atom. The molecule has 0 unspecified atom stereocenters. The van der Waals surface area contributed by atoms with Crippen molar-refractivity contribution in [2.75, 3.05) is 0 Å². The first-order valence-electron chi connectivity index (χ1n) is 1.76. The zero-order valence-corrected chi connectivity index (χ0v) is 17.1. The van der Waals surface area contributed by atoms with E-state index in [-0.39, 0.29) is 106 Å². The Kier molecular flexibility index (Phi) is 41.7. The third-order valence-corrected chi connectivity index (χ3v) is 0. The third-order valence-electron chi connectivity index (χ3n) is 0. The summed E-state index contributed by atoms with van der Waals surface area (Å²) in [5, 5.41) is 0. The fraction of sp³-hybridized carbons (Fsp3) is 0. The quantitative estimate of drug-likeness (QED) is 0.180. The molecule has 0 saturated carbocycles. The number of rotatable bonds is 0. The van der Waals surface area contributed by atoms with E-state index < -0.39 is 31.8 Å². The second kappa shape index (κ2) is 20.0. The fourth-order valence-electron chi connectivity index (χ4n) is 0.